The first-order valence-electron chi connectivity index (χ1n) is 6.92. The van der Waals surface area contributed by atoms with Crippen LogP contribution in [0.25, 0.3) is 0 Å². The summed E-state index contributed by atoms with van der Waals surface area (Å²) in [5, 5.41) is 7.96. The zero-order chi connectivity index (χ0) is 15.0. The highest BCUT2D eigenvalue weighted by molar-refractivity contribution is 6.32. The highest BCUT2D eigenvalue weighted by Crippen LogP contribution is 2.29. The average molecular weight is 278 g/mol. The van der Waals surface area contributed by atoms with Crippen LogP contribution < -0.4 is 0 Å². The summed E-state index contributed by atoms with van der Waals surface area (Å²) in [5.74, 6) is -2.03. The molecule has 1 unspecified atom stereocenters. The number of nitrogens with zero attached hydrogens (tertiary/aromatic N) is 2. The minimum absolute atomic E-state index is 0.148. The summed E-state index contributed by atoms with van der Waals surface area (Å²) >= 11 is 0. The predicted octanol–water partition coefficient (Wildman–Crippen LogP) is 2.29. The van der Waals surface area contributed by atoms with Crippen molar-refractivity contribution >= 4 is 11.8 Å². The number of aliphatic carboxylic acids is 1. The Hall–Kier alpha value is -1.75. The van der Waals surface area contributed by atoms with Crippen LogP contribution in [0.15, 0.2) is 24.5 Å². The number of pyridine rings is 1. The van der Waals surface area contributed by atoms with Crippen LogP contribution in [-0.2, 0) is 9.59 Å². The Morgan fingerprint density at radius 1 is 1.50 bits per heavy atom. The third-order valence-corrected chi connectivity index (χ3v) is 3.31. The molecule has 0 aliphatic carbocycles. The zero-order valence-electron chi connectivity index (χ0n) is 12.1. The average Bonchev–Trinajstić information content (AvgIpc) is 2.87. The molecule has 2 rings (SSSR count). The minimum Gasteiger partial charge on any atom is -0.476 e. The molecule has 1 fully saturated rings. The first kappa shape index (κ1) is 16.3. The van der Waals surface area contributed by atoms with Crippen molar-refractivity contribution in [3.05, 3.63) is 30.1 Å². The Bertz CT molecular complexity index is 434. The second kappa shape index (κ2) is 8.43. The maximum atomic E-state index is 10.1. The van der Waals surface area contributed by atoms with Crippen LogP contribution in [0.5, 0.6) is 0 Å². The van der Waals surface area contributed by atoms with Gasteiger partial charge in [-0.25, -0.2) is 4.79 Å². The van der Waals surface area contributed by atoms with E-state index in [4.69, 9.17) is 5.11 Å². The van der Waals surface area contributed by atoms with E-state index in [0.29, 0.717) is 12.5 Å². The van der Waals surface area contributed by atoms with Gasteiger partial charge in [0.1, 0.15) is 0 Å². The number of hydrogen-bond acceptors (Lipinski definition) is 4. The third kappa shape index (κ3) is 5.09. The Morgan fingerprint density at radius 3 is 2.65 bits per heavy atom. The second-order valence-corrected chi connectivity index (χ2v) is 4.90. The van der Waals surface area contributed by atoms with Crippen LogP contribution in [0.2, 0.25) is 0 Å². The predicted molar refractivity (Wildman–Crippen MR) is 76.4 cm³/mol. The number of likely N-dealkylation sites (tertiary alicyclic amines) is 1. The van der Waals surface area contributed by atoms with Crippen molar-refractivity contribution in [2.24, 2.45) is 0 Å². The largest absolute Gasteiger partial charge is 0.476 e. The molecule has 5 nitrogen and oxygen atoms in total. The van der Waals surface area contributed by atoms with E-state index in [-0.39, 0.29) is 6.42 Å². The molecule has 2 heterocycles. The van der Waals surface area contributed by atoms with E-state index >= 15 is 0 Å². The van der Waals surface area contributed by atoms with Crippen LogP contribution in [-0.4, -0.2) is 40.3 Å². The van der Waals surface area contributed by atoms with Gasteiger partial charge in [0.2, 0.25) is 5.78 Å². The number of Topliss-reactive ketones (excluding diaryl/α,β-unsaturated/α-hetero) is 1. The smallest absolute Gasteiger partial charge is 0.372 e. The normalized spacial score (nSPS) is 18.2. The van der Waals surface area contributed by atoms with Crippen molar-refractivity contribution in [3.8, 4) is 0 Å². The van der Waals surface area contributed by atoms with Gasteiger partial charge in [0.05, 0.1) is 0 Å². The Labute approximate surface area is 119 Å². The van der Waals surface area contributed by atoms with Gasteiger partial charge < -0.3 is 5.11 Å². The number of ketones is 1. The molecule has 0 spiro atoms. The number of carbonyl (C=O) groups is 2. The topological polar surface area (TPSA) is 70.5 Å². The summed E-state index contributed by atoms with van der Waals surface area (Å²) in [6.45, 7) is 2.99. The van der Waals surface area contributed by atoms with E-state index in [1.54, 1.807) is 6.92 Å². The summed E-state index contributed by atoms with van der Waals surface area (Å²) in [6, 6.07) is 4.79. The Balaban J connectivity index is 0.000000221. The van der Waals surface area contributed by atoms with Gasteiger partial charge in [-0.15, -0.1) is 0 Å². The number of rotatable bonds is 4. The van der Waals surface area contributed by atoms with E-state index in [9.17, 15) is 9.59 Å². The maximum absolute atomic E-state index is 10.1. The van der Waals surface area contributed by atoms with Gasteiger partial charge in [0, 0.05) is 24.9 Å². The van der Waals surface area contributed by atoms with Crippen LogP contribution in [0.3, 0.4) is 0 Å². The molecule has 0 saturated carbocycles. The van der Waals surface area contributed by atoms with Crippen LogP contribution in [0.4, 0.5) is 0 Å². The standard InChI is InChI=1S/C10H14N2.C5H8O3/c1-12-7-3-5-10(12)9-4-2-6-11-8-9;1-2-3-4(6)5(7)8/h2,4,6,8,10H,3,5,7H2,1H3;2-3H2,1H3,(H,7,8). The fraction of sp³-hybridized carbons (Fsp3) is 0.533. The van der Waals surface area contributed by atoms with Crippen molar-refractivity contribution in [1.82, 2.24) is 9.88 Å². The molecule has 1 aromatic rings. The number of aromatic nitrogens is 1. The third-order valence-electron chi connectivity index (χ3n) is 3.31. The first-order chi connectivity index (χ1) is 9.56. The molecule has 1 aromatic heterocycles. The van der Waals surface area contributed by atoms with Gasteiger partial charge in [-0.2, -0.15) is 0 Å². The SMILES string of the molecule is CCCC(=O)C(=O)O.CN1CCCC1c1cccnc1. The summed E-state index contributed by atoms with van der Waals surface area (Å²) in [6.07, 6.45) is 7.16. The van der Waals surface area contributed by atoms with Gasteiger partial charge in [-0.3, -0.25) is 14.7 Å². The molecular weight excluding hydrogens is 256 g/mol. The van der Waals surface area contributed by atoms with E-state index in [2.05, 4.69) is 23.0 Å². The van der Waals surface area contributed by atoms with Gasteiger partial charge in [0.15, 0.2) is 0 Å². The van der Waals surface area contributed by atoms with E-state index in [1.807, 2.05) is 18.5 Å². The molecule has 1 saturated heterocycles. The van der Waals surface area contributed by atoms with Gasteiger partial charge in [-0.1, -0.05) is 13.0 Å². The van der Waals surface area contributed by atoms with E-state index in [0.717, 1.165) is 0 Å². The lowest BCUT2D eigenvalue weighted by molar-refractivity contribution is -0.149. The number of carboxylic acid groups (broad SMARTS) is 1. The van der Waals surface area contributed by atoms with Gasteiger partial charge in [0.25, 0.3) is 0 Å². The molecule has 1 aliphatic heterocycles. The molecule has 1 aliphatic rings. The summed E-state index contributed by atoms with van der Waals surface area (Å²) in [4.78, 5) is 26.4. The molecule has 20 heavy (non-hydrogen) atoms. The lowest BCUT2D eigenvalue weighted by atomic mass is 10.1. The minimum atomic E-state index is -1.33. The van der Waals surface area contributed by atoms with Gasteiger partial charge in [-0.05, 0) is 44.5 Å². The molecule has 0 aromatic carbocycles. The highest BCUT2D eigenvalue weighted by atomic mass is 16.4. The van der Waals surface area contributed by atoms with Crippen LogP contribution in [0.1, 0.15) is 44.2 Å². The quantitative estimate of drug-likeness (QED) is 0.856. The number of carboxylic acids is 1. The fourth-order valence-corrected chi connectivity index (χ4v) is 2.24. The summed E-state index contributed by atoms with van der Waals surface area (Å²) < 4.78 is 0. The van der Waals surface area contributed by atoms with E-state index in [1.165, 1.54) is 24.9 Å². The highest BCUT2D eigenvalue weighted by Gasteiger charge is 2.21. The second-order valence-electron chi connectivity index (χ2n) is 4.90. The molecule has 0 amide bonds. The Morgan fingerprint density at radius 2 is 2.25 bits per heavy atom. The van der Waals surface area contributed by atoms with Gasteiger partial charge >= 0.3 is 5.97 Å². The van der Waals surface area contributed by atoms with Crippen molar-refractivity contribution in [2.45, 2.75) is 38.6 Å². The molecule has 0 radical (unpaired) electrons. The molecular formula is C15H22N2O3. The van der Waals surface area contributed by atoms with Crippen LogP contribution in [0, 0.1) is 0 Å². The van der Waals surface area contributed by atoms with E-state index < -0.39 is 11.8 Å². The number of hydrogen-bond donors (Lipinski definition) is 1. The summed E-state index contributed by atoms with van der Waals surface area (Å²) in [5.41, 5.74) is 1.36. The van der Waals surface area contributed by atoms with Crippen LogP contribution >= 0.6 is 0 Å². The fourth-order valence-electron chi connectivity index (χ4n) is 2.24. The lowest BCUT2D eigenvalue weighted by Crippen LogP contribution is -2.17. The molecule has 5 heteroatoms. The first-order valence-corrected chi connectivity index (χ1v) is 6.92. The molecule has 1 N–H and O–H groups in total. The van der Waals surface area contributed by atoms with Crippen molar-refractivity contribution in [1.29, 1.82) is 0 Å². The van der Waals surface area contributed by atoms with Crippen molar-refractivity contribution in [3.63, 3.8) is 0 Å². The number of carbonyl (C=O) groups excluding carboxylic acids is 1. The molecule has 110 valence electrons. The summed E-state index contributed by atoms with van der Waals surface area (Å²) in [7, 11) is 2.19. The Kier molecular flexibility index (Phi) is 6.87. The zero-order valence-corrected chi connectivity index (χ0v) is 12.1. The lowest BCUT2D eigenvalue weighted by Gasteiger charge is -2.18. The monoisotopic (exact) mass is 278 g/mol. The molecule has 0 bridgehead atoms. The molecule has 1 atom stereocenters. The van der Waals surface area contributed by atoms with Crippen molar-refractivity contribution < 1.29 is 14.7 Å². The maximum Gasteiger partial charge on any atom is 0.372 e. The van der Waals surface area contributed by atoms with Crippen molar-refractivity contribution in [2.75, 3.05) is 13.6 Å².